The predicted octanol–water partition coefficient (Wildman–Crippen LogP) is 0.517. The smallest absolute Gasteiger partial charge is 0.380 e. The average Bonchev–Trinajstić information content (AvgIpc) is 1.96. The van der Waals surface area contributed by atoms with Crippen LogP contribution in [0.4, 0.5) is 13.2 Å². The van der Waals surface area contributed by atoms with Crippen molar-refractivity contribution in [3.05, 3.63) is 0 Å². The SMILES string of the molecule is O=C1OCC(F)C1(F)F. The molecule has 0 radical (unpaired) electrons. The van der Waals surface area contributed by atoms with Crippen LogP contribution < -0.4 is 0 Å². The third-order valence-corrected chi connectivity index (χ3v) is 1.03. The minimum atomic E-state index is -3.92. The van der Waals surface area contributed by atoms with Crippen LogP contribution in [0.15, 0.2) is 0 Å². The van der Waals surface area contributed by atoms with Crippen LogP contribution in [-0.4, -0.2) is 24.7 Å². The van der Waals surface area contributed by atoms with Gasteiger partial charge < -0.3 is 4.74 Å². The summed E-state index contributed by atoms with van der Waals surface area (Å²) in [7, 11) is 0. The highest BCUT2D eigenvalue weighted by atomic mass is 19.3. The van der Waals surface area contributed by atoms with Crippen LogP contribution >= 0.6 is 0 Å². The summed E-state index contributed by atoms with van der Waals surface area (Å²) in [6.07, 6.45) is -2.47. The highest BCUT2D eigenvalue weighted by Crippen LogP contribution is 2.28. The first-order valence-corrected chi connectivity index (χ1v) is 2.24. The maximum Gasteiger partial charge on any atom is 0.380 e. The molecule has 1 saturated heterocycles. The molecule has 0 saturated carbocycles. The predicted molar refractivity (Wildman–Crippen MR) is 20.8 cm³/mol. The highest BCUT2D eigenvalue weighted by molar-refractivity contribution is 5.80. The lowest BCUT2D eigenvalue weighted by molar-refractivity contribution is -0.160. The van der Waals surface area contributed by atoms with Gasteiger partial charge in [-0.05, 0) is 0 Å². The molecule has 9 heavy (non-hydrogen) atoms. The second kappa shape index (κ2) is 1.62. The number of hydrogen-bond donors (Lipinski definition) is 0. The van der Waals surface area contributed by atoms with Gasteiger partial charge in [-0.3, -0.25) is 0 Å². The van der Waals surface area contributed by atoms with Gasteiger partial charge in [-0.25, -0.2) is 9.18 Å². The molecule has 0 bridgehead atoms. The third kappa shape index (κ3) is 0.760. The molecule has 52 valence electrons. The third-order valence-electron chi connectivity index (χ3n) is 1.03. The lowest BCUT2D eigenvalue weighted by Crippen LogP contribution is -2.31. The number of carbonyl (C=O) groups is 1. The van der Waals surface area contributed by atoms with E-state index in [9.17, 15) is 18.0 Å². The van der Waals surface area contributed by atoms with E-state index in [0.29, 0.717) is 0 Å². The van der Waals surface area contributed by atoms with Gasteiger partial charge in [0.05, 0.1) is 0 Å². The van der Waals surface area contributed by atoms with Gasteiger partial charge in [-0.1, -0.05) is 0 Å². The zero-order valence-corrected chi connectivity index (χ0v) is 4.23. The van der Waals surface area contributed by atoms with E-state index in [2.05, 4.69) is 4.74 Å². The number of alkyl halides is 3. The zero-order chi connectivity index (χ0) is 7.07. The van der Waals surface area contributed by atoms with Crippen LogP contribution in [0.1, 0.15) is 0 Å². The molecule has 0 aromatic heterocycles. The van der Waals surface area contributed by atoms with E-state index in [-0.39, 0.29) is 0 Å². The summed E-state index contributed by atoms with van der Waals surface area (Å²) < 4.78 is 39.3. The van der Waals surface area contributed by atoms with E-state index in [1.165, 1.54) is 0 Å². The van der Waals surface area contributed by atoms with Gasteiger partial charge in [0.1, 0.15) is 6.61 Å². The molecular weight excluding hydrogens is 137 g/mol. The molecule has 0 N–H and O–H groups in total. The molecule has 1 atom stereocenters. The molecule has 5 heteroatoms. The maximum absolute atomic E-state index is 11.9. The normalized spacial score (nSPS) is 32.3. The largest absolute Gasteiger partial charge is 0.458 e. The van der Waals surface area contributed by atoms with Crippen molar-refractivity contribution in [3.8, 4) is 0 Å². The number of cyclic esters (lactones) is 1. The Bertz CT molecular complexity index is 145. The fourth-order valence-electron chi connectivity index (χ4n) is 0.478. The Labute approximate surface area is 48.6 Å². The van der Waals surface area contributed by atoms with E-state index < -0.39 is 24.7 Å². The van der Waals surface area contributed by atoms with E-state index in [1.807, 2.05) is 0 Å². The Morgan fingerprint density at radius 2 is 2.22 bits per heavy atom. The molecule has 1 rings (SSSR count). The molecule has 0 amide bonds. The molecule has 2 nitrogen and oxygen atoms in total. The minimum Gasteiger partial charge on any atom is -0.458 e. The number of halogens is 3. The van der Waals surface area contributed by atoms with Crippen LogP contribution in [0.2, 0.25) is 0 Å². The van der Waals surface area contributed by atoms with Crippen LogP contribution in [0.25, 0.3) is 0 Å². The quantitative estimate of drug-likeness (QED) is 0.458. The number of rotatable bonds is 0. The Morgan fingerprint density at radius 1 is 1.67 bits per heavy atom. The molecular formula is C4H3F3O2. The van der Waals surface area contributed by atoms with E-state index in [0.717, 1.165) is 0 Å². The zero-order valence-electron chi connectivity index (χ0n) is 4.23. The van der Waals surface area contributed by atoms with Crippen LogP contribution in [0, 0.1) is 0 Å². The van der Waals surface area contributed by atoms with E-state index >= 15 is 0 Å². The van der Waals surface area contributed by atoms with Gasteiger partial charge in [0.2, 0.25) is 6.17 Å². The number of hydrogen-bond acceptors (Lipinski definition) is 2. The lowest BCUT2D eigenvalue weighted by Gasteiger charge is -2.02. The molecule has 0 aromatic carbocycles. The van der Waals surface area contributed by atoms with E-state index in [1.54, 1.807) is 0 Å². The second-order valence-corrected chi connectivity index (χ2v) is 1.69. The van der Waals surface area contributed by atoms with Crippen molar-refractivity contribution in [2.45, 2.75) is 12.1 Å². The summed E-state index contributed by atoms with van der Waals surface area (Å²) in [4.78, 5) is 9.89. The first-order valence-electron chi connectivity index (χ1n) is 2.24. The topological polar surface area (TPSA) is 26.3 Å². The van der Waals surface area contributed by atoms with Crippen molar-refractivity contribution < 1.29 is 22.7 Å². The van der Waals surface area contributed by atoms with Crippen molar-refractivity contribution in [1.82, 2.24) is 0 Å². The van der Waals surface area contributed by atoms with Crippen molar-refractivity contribution >= 4 is 5.97 Å². The van der Waals surface area contributed by atoms with Crippen LogP contribution in [0.5, 0.6) is 0 Å². The fourth-order valence-corrected chi connectivity index (χ4v) is 0.478. The summed E-state index contributed by atoms with van der Waals surface area (Å²) in [6, 6.07) is 0. The minimum absolute atomic E-state index is 0.828. The monoisotopic (exact) mass is 140 g/mol. The Morgan fingerprint density at radius 3 is 2.33 bits per heavy atom. The van der Waals surface area contributed by atoms with Crippen molar-refractivity contribution in [3.63, 3.8) is 0 Å². The Balaban J connectivity index is 2.78. The van der Waals surface area contributed by atoms with E-state index in [4.69, 9.17) is 0 Å². The highest BCUT2D eigenvalue weighted by Gasteiger charge is 2.55. The maximum atomic E-state index is 11.9. The van der Waals surface area contributed by atoms with Gasteiger partial charge in [-0.15, -0.1) is 0 Å². The van der Waals surface area contributed by atoms with Gasteiger partial charge in [0, 0.05) is 0 Å². The van der Waals surface area contributed by atoms with Crippen molar-refractivity contribution in [1.29, 1.82) is 0 Å². The summed E-state index contributed by atoms with van der Waals surface area (Å²) in [5.74, 6) is -5.69. The van der Waals surface area contributed by atoms with Crippen LogP contribution in [0.3, 0.4) is 0 Å². The fraction of sp³-hybridized carbons (Fsp3) is 0.750. The van der Waals surface area contributed by atoms with Gasteiger partial charge in [0.25, 0.3) is 0 Å². The van der Waals surface area contributed by atoms with Crippen LogP contribution in [-0.2, 0) is 9.53 Å². The Kier molecular flexibility index (Phi) is 1.15. The standard InChI is InChI=1S/C4H3F3O2/c5-2-1-9-3(8)4(2,6)7/h2H,1H2. The molecule has 1 unspecified atom stereocenters. The molecule has 1 aliphatic heterocycles. The summed E-state index contributed by atoms with van der Waals surface area (Å²) in [5.41, 5.74) is 0. The molecule has 1 aliphatic rings. The number of esters is 1. The van der Waals surface area contributed by atoms with Gasteiger partial charge in [-0.2, -0.15) is 8.78 Å². The molecule has 1 fully saturated rings. The van der Waals surface area contributed by atoms with Gasteiger partial charge in [0.15, 0.2) is 0 Å². The van der Waals surface area contributed by atoms with Crippen molar-refractivity contribution in [2.75, 3.05) is 6.61 Å². The molecule has 0 spiro atoms. The lowest BCUT2D eigenvalue weighted by atomic mass is 10.3. The summed E-state index contributed by atoms with van der Waals surface area (Å²) >= 11 is 0. The molecule has 1 heterocycles. The molecule has 0 aromatic rings. The average molecular weight is 140 g/mol. The first-order chi connectivity index (χ1) is 4.05. The number of ether oxygens (including phenoxy) is 1. The molecule has 0 aliphatic carbocycles. The first kappa shape index (κ1) is 6.38. The van der Waals surface area contributed by atoms with Crippen molar-refractivity contribution in [2.24, 2.45) is 0 Å². The summed E-state index contributed by atoms with van der Waals surface area (Å²) in [6.45, 7) is -0.828. The summed E-state index contributed by atoms with van der Waals surface area (Å²) in [5, 5.41) is 0. The second-order valence-electron chi connectivity index (χ2n) is 1.69. The Hall–Kier alpha value is -0.740. The van der Waals surface area contributed by atoms with Gasteiger partial charge >= 0.3 is 11.9 Å². The number of carbonyl (C=O) groups excluding carboxylic acids is 1.